The molecule has 92 valence electrons. The zero-order valence-electron chi connectivity index (χ0n) is 10.5. The molecule has 17 heavy (non-hydrogen) atoms. The van der Waals surface area contributed by atoms with Gasteiger partial charge in [0.15, 0.2) is 0 Å². The first-order valence-corrected chi connectivity index (χ1v) is 7.13. The number of carbonyl (C=O) groups excluding carboxylic acids is 1. The first kappa shape index (κ1) is 12.9. The number of rotatable bonds is 1. The second-order valence-electron chi connectivity index (χ2n) is 5.10. The molecule has 1 aliphatic heterocycles. The fourth-order valence-electron chi connectivity index (χ4n) is 2.28. The topological polar surface area (TPSA) is 20.3 Å². The van der Waals surface area contributed by atoms with E-state index in [1.54, 1.807) is 0 Å². The Bertz CT molecular complexity index is 434. The average Bonchev–Trinajstić information content (AvgIpc) is 2.62. The van der Waals surface area contributed by atoms with Crippen molar-refractivity contribution in [1.29, 1.82) is 0 Å². The van der Waals surface area contributed by atoms with Gasteiger partial charge in [-0.2, -0.15) is 0 Å². The summed E-state index contributed by atoms with van der Waals surface area (Å²) in [5, 5.41) is 0. The molecule has 0 saturated carbocycles. The zero-order valence-corrected chi connectivity index (χ0v) is 12.7. The van der Waals surface area contributed by atoms with Crippen LogP contribution in [0.3, 0.4) is 0 Å². The second kappa shape index (κ2) is 4.96. The molecule has 1 amide bonds. The first-order valence-electron chi connectivity index (χ1n) is 6.05. The van der Waals surface area contributed by atoms with Crippen molar-refractivity contribution >= 4 is 28.5 Å². The lowest BCUT2D eigenvalue weighted by Crippen LogP contribution is -2.29. The fraction of sp³-hybridized carbons (Fsp3) is 0.500. The molecule has 0 spiro atoms. The smallest absolute Gasteiger partial charge is 0.254 e. The van der Waals surface area contributed by atoms with Crippen molar-refractivity contribution in [3.8, 4) is 0 Å². The van der Waals surface area contributed by atoms with Gasteiger partial charge in [0, 0.05) is 16.7 Å². The molecular formula is C14H18INO. The molecule has 0 aromatic heterocycles. The van der Waals surface area contributed by atoms with Crippen molar-refractivity contribution in [3.63, 3.8) is 0 Å². The number of amides is 1. The van der Waals surface area contributed by atoms with E-state index in [1.807, 2.05) is 30.0 Å². The molecule has 0 radical (unpaired) electrons. The summed E-state index contributed by atoms with van der Waals surface area (Å²) in [6.07, 6.45) is 0. The molecule has 3 heteroatoms. The lowest BCUT2D eigenvalue weighted by atomic mass is 10.0. The molecule has 2 rings (SSSR count). The molecule has 2 unspecified atom stereocenters. The van der Waals surface area contributed by atoms with E-state index >= 15 is 0 Å². The van der Waals surface area contributed by atoms with Crippen LogP contribution in [0.25, 0.3) is 0 Å². The molecule has 1 fully saturated rings. The van der Waals surface area contributed by atoms with E-state index in [0.717, 1.165) is 22.2 Å². The van der Waals surface area contributed by atoms with E-state index < -0.39 is 0 Å². The van der Waals surface area contributed by atoms with Gasteiger partial charge in [0.2, 0.25) is 0 Å². The van der Waals surface area contributed by atoms with Crippen LogP contribution in [-0.4, -0.2) is 23.9 Å². The van der Waals surface area contributed by atoms with Gasteiger partial charge in [-0.1, -0.05) is 26.0 Å². The van der Waals surface area contributed by atoms with Gasteiger partial charge >= 0.3 is 0 Å². The number of benzene rings is 1. The highest BCUT2D eigenvalue weighted by molar-refractivity contribution is 14.1. The van der Waals surface area contributed by atoms with Gasteiger partial charge < -0.3 is 4.90 Å². The predicted octanol–water partition coefficient (Wildman–Crippen LogP) is 3.33. The quantitative estimate of drug-likeness (QED) is 0.717. The zero-order chi connectivity index (χ0) is 12.6. The number of carbonyl (C=O) groups is 1. The van der Waals surface area contributed by atoms with Crippen LogP contribution in [0.5, 0.6) is 0 Å². The SMILES string of the molecule is Cc1cccc(C(=O)N2CC(C)C(C)C2)c1I. The van der Waals surface area contributed by atoms with Gasteiger partial charge in [0.05, 0.1) is 5.56 Å². The summed E-state index contributed by atoms with van der Waals surface area (Å²) < 4.78 is 1.09. The largest absolute Gasteiger partial charge is 0.338 e. The van der Waals surface area contributed by atoms with Crippen molar-refractivity contribution < 1.29 is 4.79 Å². The summed E-state index contributed by atoms with van der Waals surface area (Å²) in [6, 6.07) is 5.95. The summed E-state index contributed by atoms with van der Waals surface area (Å²) >= 11 is 2.27. The van der Waals surface area contributed by atoms with E-state index in [2.05, 4.69) is 36.4 Å². The number of halogens is 1. The van der Waals surface area contributed by atoms with Crippen LogP contribution in [0.2, 0.25) is 0 Å². The van der Waals surface area contributed by atoms with Crippen molar-refractivity contribution in [2.45, 2.75) is 20.8 Å². The normalized spacial score (nSPS) is 24.1. The van der Waals surface area contributed by atoms with Crippen LogP contribution < -0.4 is 0 Å². The van der Waals surface area contributed by atoms with E-state index in [1.165, 1.54) is 5.56 Å². The van der Waals surface area contributed by atoms with Gasteiger partial charge in [-0.05, 0) is 53.0 Å². The van der Waals surface area contributed by atoms with Gasteiger partial charge in [0.1, 0.15) is 0 Å². The minimum atomic E-state index is 0.189. The number of aryl methyl sites for hydroxylation is 1. The summed E-state index contributed by atoms with van der Waals surface area (Å²) in [5.41, 5.74) is 2.03. The lowest BCUT2D eigenvalue weighted by Gasteiger charge is -2.17. The third-order valence-corrected chi connectivity index (χ3v) is 5.13. The minimum Gasteiger partial charge on any atom is -0.338 e. The van der Waals surface area contributed by atoms with Crippen LogP contribution in [-0.2, 0) is 0 Å². The summed E-state index contributed by atoms with van der Waals surface area (Å²) in [7, 11) is 0. The van der Waals surface area contributed by atoms with Gasteiger partial charge in [0.25, 0.3) is 5.91 Å². The van der Waals surface area contributed by atoms with E-state index in [4.69, 9.17) is 0 Å². The first-order chi connectivity index (χ1) is 8.00. The van der Waals surface area contributed by atoms with Crippen molar-refractivity contribution in [3.05, 3.63) is 32.9 Å². The summed E-state index contributed by atoms with van der Waals surface area (Å²) in [5.74, 6) is 1.41. The average molecular weight is 343 g/mol. The van der Waals surface area contributed by atoms with Crippen LogP contribution in [0.15, 0.2) is 18.2 Å². The van der Waals surface area contributed by atoms with Crippen molar-refractivity contribution in [2.75, 3.05) is 13.1 Å². The van der Waals surface area contributed by atoms with Crippen LogP contribution >= 0.6 is 22.6 Å². The Morgan fingerprint density at radius 3 is 2.47 bits per heavy atom. The maximum atomic E-state index is 12.4. The Morgan fingerprint density at radius 2 is 1.88 bits per heavy atom. The van der Waals surface area contributed by atoms with E-state index in [9.17, 15) is 4.79 Å². The number of hydrogen-bond donors (Lipinski definition) is 0. The third kappa shape index (κ3) is 2.49. The Labute approximate surface area is 117 Å². The van der Waals surface area contributed by atoms with Crippen molar-refractivity contribution in [2.24, 2.45) is 11.8 Å². The maximum absolute atomic E-state index is 12.4. The number of likely N-dealkylation sites (tertiary alicyclic amines) is 1. The molecule has 2 nitrogen and oxygen atoms in total. The van der Waals surface area contributed by atoms with E-state index in [0.29, 0.717) is 11.8 Å². The number of hydrogen-bond acceptors (Lipinski definition) is 1. The monoisotopic (exact) mass is 343 g/mol. The third-order valence-electron chi connectivity index (χ3n) is 3.70. The van der Waals surface area contributed by atoms with Gasteiger partial charge in [-0.15, -0.1) is 0 Å². The summed E-state index contributed by atoms with van der Waals surface area (Å²) in [4.78, 5) is 14.4. The molecule has 1 aromatic rings. The van der Waals surface area contributed by atoms with Crippen LogP contribution in [0.4, 0.5) is 0 Å². The van der Waals surface area contributed by atoms with E-state index in [-0.39, 0.29) is 5.91 Å². The molecule has 1 aliphatic rings. The lowest BCUT2D eigenvalue weighted by molar-refractivity contribution is 0.0784. The highest BCUT2D eigenvalue weighted by Crippen LogP contribution is 2.25. The molecule has 1 heterocycles. The Hall–Kier alpha value is -0.580. The maximum Gasteiger partial charge on any atom is 0.254 e. The Kier molecular flexibility index (Phi) is 3.76. The van der Waals surface area contributed by atoms with Gasteiger partial charge in [-0.3, -0.25) is 4.79 Å². The van der Waals surface area contributed by atoms with Gasteiger partial charge in [-0.25, -0.2) is 0 Å². The molecule has 0 aliphatic carbocycles. The van der Waals surface area contributed by atoms with Crippen LogP contribution in [0.1, 0.15) is 29.8 Å². The molecular weight excluding hydrogens is 325 g/mol. The highest BCUT2D eigenvalue weighted by atomic mass is 127. The molecule has 0 bridgehead atoms. The highest BCUT2D eigenvalue weighted by Gasteiger charge is 2.30. The Balaban J connectivity index is 2.24. The number of nitrogens with zero attached hydrogens (tertiary/aromatic N) is 1. The molecule has 1 saturated heterocycles. The Morgan fingerprint density at radius 1 is 1.29 bits per heavy atom. The molecule has 1 aromatic carbocycles. The van der Waals surface area contributed by atoms with Crippen molar-refractivity contribution in [1.82, 2.24) is 4.90 Å². The molecule has 2 atom stereocenters. The molecule has 0 N–H and O–H groups in total. The predicted molar refractivity (Wildman–Crippen MR) is 78.1 cm³/mol. The van der Waals surface area contributed by atoms with Crippen LogP contribution in [0, 0.1) is 22.3 Å². The minimum absolute atomic E-state index is 0.189. The standard InChI is InChI=1S/C14H18INO/c1-9-5-4-6-12(13(9)15)14(17)16-7-10(2)11(3)8-16/h4-6,10-11H,7-8H2,1-3H3. The summed E-state index contributed by atoms with van der Waals surface area (Å²) in [6.45, 7) is 8.28. The second-order valence-corrected chi connectivity index (χ2v) is 6.18. The fourth-order valence-corrected chi connectivity index (χ4v) is 2.87.